The van der Waals surface area contributed by atoms with E-state index in [1.165, 1.54) is 0 Å². The molecule has 1 aromatic heterocycles. The number of aromatic nitrogens is 1. The third kappa shape index (κ3) is 1.35. The van der Waals surface area contributed by atoms with Gasteiger partial charge in [0.05, 0.1) is 5.52 Å². The smallest absolute Gasteiger partial charge is 0.120 e. The molecule has 0 amide bonds. The number of hydrogen-bond acceptors (Lipinski definition) is 2. The third-order valence-corrected chi connectivity index (χ3v) is 2.18. The lowest BCUT2D eigenvalue weighted by atomic mass is 10.1. The van der Waals surface area contributed by atoms with Crippen LogP contribution in [0.5, 0.6) is 5.75 Å². The summed E-state index contributed by atoms with van der Waals surface area (Å²) in [6.07, 6.45) is 2.57. The first-order valence-corrected chi connectivity index (χ1v) is 4.38. The Morgan fingerprint density at radius 2 is 2.23 bits per heavy atom. The van der Waals surface area contributed by atoms with Crippen molar-refractivity contribution in [1.82, 2.24) is 4.98 Å². The van der Waals surface area contributed by atoms with Gasteiger partial charge in [-0.3, -0.25) is 4.98 Å². The number of aromatic hydroxyl groups is 1. The van der Waals surface area contributed by atoms with E-state index in [0.717, 1.165) is 22.9 Å². The number of nitrogens with zero attached hydrogens (tertiary/aromatic N) is 1. The first-order chi connectivity index (χ1) is 6.31. The van der Waals surface area contributed by atoms with Crippen molar-refractivity contribution in [3.63, 3.8) is 0 Å². The first kappa shape index (κ1) is 8.05. The van der Waals surface area contributed by atoms with Crippen LogP contribution in [0.25, 0.3) is 10.9 Å². The fourth-order valence-corrected chi connectivity index (χ4v) is 1.44. The van der Waals surface area contributed by atoms with Crippen molar-refractivity contribution >= 4 is 10.9 Å². The summed E-state index contributed by atoms with van der Waals surface area (Å²) in [5.41, 5.74) is 1.82. The Morgan fingerprint density at radius 3 is 3.00 bits per heavy atom. The van der Waals surface area contributed by atoms with E-state index in [1.807, 2.05) is 25.1 Å². The summed E-state index contributed by atoms with van der Waals surface area (Å²) in [6.45, 7) is 2.03. The molecule has 1 aromatic carbocycles. The average Bonchev–Trinajstić information content (AvgIpc) is 2.17. The van der Waals surface area contributed by atoms with E-state index in [4.69, 9.17) is 0 Å². The van der Waals surface area contributed by atoms with Crippen LogP contribution in [-0.4, -0.2) is 10.1 Å². The second-order valence-corrected chi connectivity index (χ2v) is 3.03. The Labute approximate surface area is 76.9 Å². The molecule has 0 aliphatic carbocycles. The van der Waals surface area contributed by atoms with Crippen molar-refractivity contribution in [2.45, 2.75) is 13.3 Å². The largest absolute Gasteiger partial charge is 0.508 e. The molecule has 1 heterocycles. The molecule has 2 heteroatoms. The minimum Gasteiger partial charge on any atom is -0.508 e. The lowest BCUT2D eigenvalue weighted by Crippen LogP contribution is -1.84. The SMILES string of the molecule is CCc1cc2cccnc2cc1O. The first-order valence-electron chi connectivity index (χ1n) is 4.38. The van der Waals surface area contributed by atoms with E-state index < -0.39 is 0 Å². The van der Waals surface area contributed by atoms with Gasteiger partial charge in [-0.1, -0.05) is 13.0 Å². The van der Waals surface area contributed by atoms with Gasteiger partial charge in [0.1, 0.15) is 5.75 Å². The van der Waals surface area contributed by atoms with Crippen molar-refractivity contribution < 1.29 is 5.11 Å². The number of phenols is 1. The van der Waals surface area contributed by atoms with E-state index >= 15 is 0 Å². The Hall–Kier alpha value is -1.57. The number of rotatable bonds is 1. The van der Waals surface area contributed by atoms with Crippen LogP contribution < -0.4 is 0 Å². The summed E-state index contributed by atoms with van der Waals surface area (Å²) in [5, 5.41) is 10.6. The predicted molar refractivity (Wildman–Crippen MR) is 52.8 cm³/mol. The van der Waals surface area contributed by atoms with Crippen LogP contribution >= 0.6 is 0 Å². The van der Waals surface area contributed by atoms with Crippen molar-refractivity contribution in [3.05, 3.63) is 36.0 Å². The average molecular weight is 173 g/mol. The molecule has 0 aliphatic rings. The van der Waals surface area contributed by atoms with Crippen molar-refractivity contribution in [2.75, 3.05) is 0 Å². The van der Waals surface area contributed by atoms with E-state index in [1.54, 1.807) is 12.3 Å². The maximum Gasteiger partial charge on any atom is 0.120 e. The molecule has 0 saturated heterocycles. The number of phenolic OH excluding ortho intramolecular Hbond substituents is 1. The molecular weight excluding hydrogens is 162 g/mol. The standard InChI is InChI=1S/C11H11NO/c1-2-8-6-9-4-3-5-12-10(9)7-11(8)13/h3-7,13H,2H2,1H3. The lowest BCUT2D eigenvalue weighted by Gasteiger charge is -2.03. The van der Waals surface area contributed by atoms with Crippen LogP contribution in [0.2, 0.25) is 0 Å². The molecule has 2 aromatic rings. The number of fused-ring (bicyclic) bond motifs is 1. The van der Waals surface area contributed by atoms with Crippen molar-refractivity contribution in [3.8, 4) is 5.75 Å². The molecule has 1 N–H and O–H groups in total. The van der Waals surface area contributed by atoms with Gasteiger partial charge in [-0.25, -0.2) is 0 Å². The van der Waals surface area contributed by atoms with Gasteiger partial charge in [-0.15, -0.1) is 0 Å². The Kier molecular flexibility index (Phi) is 1.89. The quantitative estimate of drug-likeness (QED) is 0.718. The molecule has 0 saturated carbocycles. The van der Waals surface area contributed by atoms with Crippen LogP contribution in [0, 0.1) is 0 Å². The minimum atomic E-state index is 0.341. The third-order valence-electron chi connectivity index (χ3n) is 2.18. The van der Waals surface area contributed by atoms with Crippen molar-refractivity contribution in [1.29, 1.82) is 0 Å². The number of benzene rings is 1. The fourth-order valence-electron chi connectivity index (χ4n) is 1.44. The Morgan fingerprint density at radius 1 is 1.38 bits per heavy atom. The highest BCUT2D eigenvalue weighted by Gasteiger charge is 2.01. The summed E-state index contributed by atoms with van der Waals surface area (Å²) >= 11 is 0. The van der Waals surface area contributed by atoms with Crippen LogP contribution in [0.15, 0.2) is 30.5 Å². The summed E-state index contributed by atoms with van der Waals surface area (Å²) in [6, 6.07) is 7.60. The Balaban J connectivity index is 2.74. The van der Waals surface area contributed by atoms with Gasteiger partial charge < -0.3 is 5.11 Å². The van der Waals surface area contributed by atoms with E-state index in [9.17, 15) is 5.11 Å². The van der Waals surface area contributed by atoms with E-state index in [0.29, 0.717) is 5.75 Å². The summed E-state index contributed by atoms with van der Waals surface area (Å²) in [5.74, 6) is 0.341. The maximum absolute atomic E-state index is 9.57. The van der Waals surface area contributed by atoms with Crippen LogP contribution in [0.1, 0.15) is 12.5 Å². The summed E-state index contributed by atoms with van der Waals surface area (Å²) in [4.78, 5) is 4.16. The highest BCUT2D eigenvalue weighted by atomic mass is 16.3. The molecule has 0 unspecified atom stereocenters. The highest BCUT2D eigenvalue weighted by Crippen LogP contribution is 2.23. The molecule has 0 bridgehead atoms. The van der Waals surface area contributed by atoms with Gasteiger partial charge >= 0.3 is 0 Å². The van der Waals surface area contributed by atoms with Gasteiger partial charge in [0.25, 0.3) is 0 Å². The lowest BCUT2D eigenvalue weighted by molar-refractivity contribution is 0.469. The second kappa shape index (κ2) is 3.05. The van der Waals surface area contributed by atoms with Crippen molar-refractivity contribution in [2.24, 2.45) is 0 Å². The molecule has 0 atom stereocenters. The normalized spacial score (nSPS) is 10.5. The zero-order chi connectivity index (χ0) is 9.26. The van der Waals surface area contributed by atoms with Gasteiger partial charge in [0.15, 0.2) is 0 Å². The van der Waals surface area contributed by atoms with Gasteiger partial charge in [0, 0.05) is 17.6 Å². The maximum atomic E-state index is 9.57. The molecule has 66 valence electrons. The van der Waals surface area contributed by atoms with E-state index in [-0.39, 0.29) is 0 Å². The van der Waals surface area contributed by atoms with Gasteiger partial charge in [-0.05, 0) is 24.1 Å². The minimum absolute atomic E-state index is 0.341. The summed E-state index contributed by atoms with van der Waals surface area (Å²) in [7, 11) is 0. The second-order valence-electron chi connectivity index (χ2n) is 3.03. The number of hydrogen-bond donors (Lipinski definition) is 1. The van der Waals surface area contributed by atoms with E-state index in [2.05, 4.69) is 4.98 Å². The zero-order valence-corrected chi connectivity index (χ0v) is 7.49. The predicted octanol–water partition coefficient (Wildman–Crippen LogP) is 2.50. The van der Waals surface area contributed by atoms with Crippen LogP contribution in [0.3, 0.4) is 0 Å². The van der Waals surface area contributed by atoms with Crippen LogP contribution in [-0.2, 0) is 6.42 Å². The number of pyridine rings is 1. The van der Waals surface area contributed by atoms with Crippen LogP contribution in [0.4, 0.5) is 0 Å². The fraction of sp³-hybridized carbons (Fsp3) is 0.182. The Bertz CT molecular complexity index is 437. The molecule has 0 spiro atoms. The zero-order valence-electron chi connectivity index (χ0n) is 7.49. The molecule has 13 heavy (non-hydrogen) atoms. The van der Waals surface area contributed by atoms with Gasteiger partial charge in [-0.2, -0.15) is 0 Å². The monoisotopic (exact) mass is 173 g/mol. The van der Waals surface area contributed by atoms with Gasteiger partial charge in [0.2, 0.25) is 0 Å². The topological polar surface area (TPSA) is 33.1 Å². The molecule has 0 aliphatic heterocycles. The molecule has 0 fully saturated rings. The summed E-state index contributed by atoms with van der Waals surface area (Å²) < 4.78 is 0. The molecular formula is C11H11NO. The highest BCUT2D eigenvalue weighted by molar-refractivity contribution is 5.80. The molecule has 2 rings (SSSR count). The number of aryl methyl sites for hydroxylation is 1. The molecule has 0 radical (unpaired) electrons. The molecule has 2 nitrogen and oxygen atoms in total.